The summed E-state index contributed by atoms with van der Waals surface area (Å²) in [5.41, 5.74) is 1.08. The maximum Gasteiger partial charge on any atom is 0.120 e. The summed E-state index contributed by atoms with van der Waals surface area (Å²) in [4.78, 5) is 7.36. The molecule has 1 aliphatic rings. The van der Waals surface area contributed by atoms with Crippen LogP contribution in [0.1, 0.15) is 24.8 Å². The highest BCUT2D eigenvalue weighted by atomic mass is 32.1. The number of nitrogens with one attached hydrogen (secondary N) is 1. The summed E-state index contributed by atoms with van der Waals surface area (Å²) < 4.78 is 6.51. The van der Waals surface area contributed by atoms with Gasteiger partial charge in [0.2, 0.25) is 0 Å². The van der Waals surface area contributed by atoms with Gasteiger partial charge in [-0.3, -0.25) is 4.90 Å². The smallest absolute Gasteiger partial charge is 0.120 e. The predicted molar refractivity (Wildman–Crippen MR) is 88.1 cm³/mol. The van der Waals surface area contributed by atoms with Gasteiger partial charge in [0.1, 0.15) is 10.8 Å². The number of fused-ring (bicyclic) bond motifs is 1. The Balaban J connectivity index is 1.78. The van der Waals surface area contributed by atoms with Gasteiger partial charge in [0, 0.05) is 12.6 Å². The van der Waals surface area contributed by atoms with Gasteiger partial charge in [-0.25, -0.2) is 4.98 Å². The van der Waals surface area contributed by atoms with Crippen LogP contribution in [-0.2, 0) is 6.54 Å². The van der Waals surface area contributed by atoms with Gasteiger partial charge in [-0.2, -0.15) is 0 Å². The lowest BCUT2D eigenvalue weighted by Gasteiger charge is -2.26. The molecule has 1 fully saturated rings. The second-order valence-electron chi connectivity index (χ2n) is 5.56. The molecular formula is C16H23N3OS. The number of benzene rings is 1. The molecule has 3 rings (SSSR count). The Bertz CT molecular complexity index is 592. The largest absolute Gasteiger partial charge is 0.497 e. The lowest BCUT2D eigenvalue weighted by molar-refractivity contribution is 0.199. The van der Waals surface area contributed by atoms with Crippen molar-refractivity contribution < 1.29 is 4.74 Å². The van der Waals surface area contributed by atoms with Crippen molar-refractivity contribution in [1.82, 2.24) is 15.2 Å². The summed E-state index contributed by atoms with van der Waals surface area (Å²) in [6.45, 7) is 6.60. The van der Waals surface area contributed by atoms with Gasteiger partial charge in [-0.05, 0) is 44.1 Å². The fraction of sp³-hybridized carbons (Fsp3) is 0.562. The van der Waals surface area contributed by atoms with E-state index in [4.69, 9.17) is 9.72 Å². The second kappa shape index (κ2) is 6.73. The zero-order chi connectivity index (χ0) is 14.7. The van der Waals surface area contributed by atoms with E-state index in [0.29, 0.717) is 6.04 Å². The molecule has 21 heavy (non-hydrogen) atoms. The molecule has 0 spiro atoms. The maximum atomic E-state index is 5.29. The molecule has 1 atom stereocenters. The number of aromatic nitrogens is 1. The molecule has 0 radical (unpaired) electrons. The molecule has 4 nitrogen and oxygen atoms in total. The van der Waals surface area contributed by atoms with Gasteiger partial charge in [-0.1, -0.05) is 6.92 Å². The van der Waals surface area contributed by atoms with Crippen LogP contribution in [0, 0.1) is 0 Å². The van der Waals surface area contributed by atoms with Crippen LogP contribution in [0.2, 0.25) is 0 Å². The molecule has 1 aliphatic heterocycles. The van der Waals surface area contributed by atoms with E-state index >= 15 is 0 Å². The molecule has 2 aromatic rings. The molecule has 2 heterocycles. The predicted octanol–water partition coefficient (Wildman–Crippen LogP) is 2.88. The maximum absolute atomic E-state index is 5.29. The van der Waals surface area contributed by atoms with E-state index in [0.717, 1.165) is 37.4 Å². The topological polar surface area (TPSA) is 37.4 Å². The monoisotopic (exact) mass is 305 g/mol. The summed E-state index contributed by atoms with van der Waals surface area (Å²) in [5.74, 6) is 0.906. The van der Waals surface area contributed by atoms with Gasteiger partial charge in [0.25, 0.3) is 0 Å². The second-order valence-corrected chi connectivity index (χ2v) is 6.67. The highest BCUT2D eigenvalue weighted by molar-refractivity contribution is 7.18. The van der Waals surface area contributed by atoms with E-state index in [1.807, 2.05) is 6.07 Å². The van der Waals surface area contributed by atoms with E-state index < -0.39 is 0 Å². The average Bonchev–Trinajstić information content (AvgIpc) is 3.15. The zero-order valence-electron chi connectivity index (χ0n) is 12.8. The molecule has 1 N–H and O–H groups in total. The first-order valence-corrected chi connectivity index (χ1v) is 8.50. The highest BCUT2D eigenvalue weighted by Crippen LogP contribution is 2.27. The lowest BCUT2D eigenvalue weighted by atomic mass is 10.2. The van der Waals surface area contributed by atoms with Crippen LogP contribution in [0.3, 0.4) is 0 Å². The van der Waals surface area contributed by atoms with E-state index in [2.05, 4.69) is 29.3 Å². The van der Waals surface area contributed by atoms with Gasteiger partial charge < -0.3 is 10.1 Å². The van der Waals surface area contributed by atoms with Crippen LogP contribution in [-0.4, -0.2) is 42.7 Å². The number of ether oxygens (including phenoxy) is 1. The third-order valence-corrected chi connectivity index (χ3v) is 5.04. The Labute approximate surface area is 130 Å². The first-order chi connectivity index (χ1) is 10.3. The summed E-state index contributed by atoms with van der Waals surface area (Å²) in [5, 5.41) is 4.67. The molecule has 0 bridgehead atoms. The summed E-state index contributed by atoms with van der Waals surface area (Å²) >= 11 is 1.79. The Kier molecular flexibility index (Phi) is 4.73. The van der Waals surface area contributed by atoms with Crippen molar-refractivity contribution in [2.24, 2.45) is 0 Å². The Morgan fingerprint density at radius 2 is 2.38 bits per heavy atom. The van der Waals surface area contributed by atoms with Crippen molar-refractivity contribution in [2.45, 2.75) is 32.4 Å². The third kappa shape index (κ3) is 3.36. The average molecular weight is 305 g/mol. The van der Waals surface area contributed by atoms with Gasteiger partial charge >= 0.3 is 0 Å². The van der Waals surface area contributed by atoms with Crippen molar-refractivity contribution in [3.63, 3.8) is 0 Å². The number of thiazole rings is 1. The number of rotatable bonds is 6. The first-order valence-electron chi connectivity index (χ1n) is 7.68. The van der Waals surface area contributed by atoms with Gasteiger partial charge in [-0.15, -0.1) is 11.3 Å². The van der Waals surface area contributed by atoms with Crippen molar-refractivity contribution in [1.29, 1.82) is 0 Å². The fourth-order valence-corrected chi connectivity index (χ4v) is 3.97. The summed E-state index contributed by atoms with van der Waals surface area (Å²) in [6, 6.07) is 6.77. The van der Waals surface area contributed by atoms with Crippen LogP contribution in [0.4, 0.5) is 0 Å². The van der Waals surface area contributed by atoms with Crippen LogP contribution >= 0.6 is 11.3 Å². The Morgan fingerprint density at radius 1 is 1.48 bits per heavy atom. The zero-order valence-corrected chi connectivity index (χ0v) is 13.6. The molecule has 114 valence electrons. The molecule has 1 aromatic carbocycles. The first kappa shape index (κ1) is 14.8. The van der Waals surface area contributed by atoms with E-state index in [-0.39, 0.29) is 0 Å². The molecule has 0 aliphatic carbocycles. The molecule has 0 saturated carbocycles. The Morgan fingerprint density at radius 3 is 3.10 bits per heavy atom. The normalized spacial score (nSPS) is 18.7. The quantitative estimate of drug-likeness (QED) is 0.890. The number of methoxy groups -OCH3 is 1. The molecule has 1 aromatic heterocycles. The van der Waals surface area contributed by atoms with E-state index in [9.17, 15) is 0 Å². The molecule has 1 unspecified atom stereocenters. The van der Waals surface area contributed by atoms with E-state index in [1.54, 1.807) is 18.4 Å². The van der Waals surface area contributed by atoms with Crippen LogP contribution < -0.4 is 10.1 Å². The van der Waals surface area contributed by atoms with Crippen LogP contribution in [0.15, 0.2) is 18.2 Å². The number of hydrogen-bond donors (Lipinski definition) is 1. The minimum atomic E-state index is 0.659. The number of nitrogens with zero attached hydrogens (tertiary/aromatic N) is 2. The van der Waals surface area contributed by atoms with Crippen molar-refractivity contribution in [2.75, 3.05) is 26.7 Å². The van der Waals surface area contributed by atoms with Gasteiger partial charge in [0.15, 0.2) is 0 Å². The summed E-state index contributed by atoms with van der Waals surface area (Å²) in [6.07, 6.45) is 2.44. The van der Waals surface area contributed by atoms with Crippen LogP contribution in [0.25, 0.3) is 10.2 Å². The Hall–Kier alpha value is -1.17. The summed E-state index contributed by atoms with van der Waals surface area (Å²) in [7, 11) is 1.71. The van der Waals surface area contributed by atoms with Crippen molar-refractivity contribution in [3.8, 4) is 5.75 Å². The van der Waals surface area contributed by atoms with Crippen molar-refractivity contribution in [3.05, 3.63) is 23.2 Å². The molecule has 5 heteroatoms. The highest BCUT2D eigenvalue weighted by Gasteiger charge is 2.22. The van der Waals surface area contributed by atoms with Crippen LogP contribution in [0.5, 0.6) is 5.75 Å². The molecule has 0 amide bonds. The SMILES string of the molecule is CCCN(Cc1nc2ccc(OC)cc2s1)C1CCNC1. The van der Waals surface area contributed by atoms with E-state index in [1.165, 1.54) is 22.5 Å². The fourth-order valence-electron chi connectivity index (χ4n) is 2.95. The number of hydrogen-bond acceptors (Lipinski definition) is 5. The van der Waals surface area contributed by atoms with Crippen molar-refractivity contribution >= 4 is 21.6 Å². The lowest BCUT2D eigenvalue weighted by Crippen LogP contribution is -2.36. The minimum absolute atomic E-state index is 0.659. The standard InChI is InChI=1S/C16H23N3OS/c1-3-8-19(12-6-7-17-10-12)11-16-18-14-5-4-13(20-2)9-15(14)21-16/h4-5,9,12,17H,3,6-8,10-11H2,1-2H3. The van der Waals surface area contributed by atoms with Gasteiger partial charge in [0.05, 0.1) is 23.9 Å². The molecular weight excluding hydrogens is 282 g/mol. The minimum Gasteiger partial charge on any atom is -0.497 e. The third-order valence-electron chi connectivity index (χ3n) is 4.04. The molecule has 1 saturated heterocycles.